The Bertz CT molecular complexity index is 569. The SMILES string of the molecule is CC(C)(CCC(C)(C)C(C(O)(O)O)(C(O)(O)O)C(O)(O)O)C(C(O)(O)O)(C(O)(O)O)C(O)(O)O. The second-order valence-electron chi connectivity index (χ2n) is 9.58. The van der Waals surface area contributed by atoms with Crippen molar-refractivity contribution in [1.82, 2.24) is 0 Å². The van der Waals surface area contributed by atoms with Crippen LogP contribution >= 0.6 is 0 Å². The predicted octanol–water partition coefficient (Wildman–Crippen LogP) is -8.42. The van der Waals surface area contributed by atoms with Gasteiger partial charge in [-0.2, -0.15) is 0 Å². The van der Waals surface area contributed by atoms with E-state index in [0.29, 0.717) is 27.7 Å². The van der Waals surface area contributed by atoms with Gasteiger partial charge in [0.25, 0.3) is 35.8 Å². The molecule has 0 aliphatic heterocycles. The van der Waals surface area contributed by atoms with E-state index >= 15 is 0 Å². The Labute approximate surface area is 191 Å². The van der Waals surface area contributed by atoms with Crippen LogP contribution in [0.25, 0.3) is 0 Å². The Morgan fingerprint density at radius 1 is 0.294 bits per heavy atom. The fourth-order valence-corrected chi connectivity index (χ4v) is 5.07. The highest BCUT2D eigenvalue weighted by Gasteiger charge is 2.82. The van der Waals surface area contributed by atoms with E-state index in [-0.39, 0.29) is 0 Å². The minimum absolute atomic E-state index is 0.593. The summed E-state index contributed by atoms with van der Waals surface area (Å²) in [7, 11) is 0. The molecule has 0 saturated heterocycles. The molecule has 0 radical (unpaired) electrons. The van der Waals surface area contributed by atoms with Gasteiger partial charge in [0.1, 0.15) is 0 Å². The third-order valence-corrected chi connectivity index (χ3v) is 6.42. The molecule has 0 bridgehead atoms. The molecule has 206 valence electrons. The molecule has 0 aromatic carbocycles. The van der Waals surface area contributed by atoms with Gasteiger partial charge in [0, 0.05) is 0 Å². The molecule has 18 heteroatoms. The van der Waals surface area contributed by atoms with Gasteiger partial charge in [-0.05, 0) is 23.7 Å². The van der Waals surface area contributed by atoms with Gasteiger partial charge in [-0.15, -0.1) is 0 Å². The molecular formula is C16H34O18. The van der Waals surface area contributed by atoms with Gasteiger partial charge in [-0.25, -0.2) is 0 Å². The Morgan fingerprint density at radius 3 is 0.500 bits per heavy atom. The van der Waals surface area contributed by atoms with E-state index in [4.69, 9.17) is 0 Å². The van der Waals surface area contributed by atoms with Crippen LogP contribution in [0.15, 0.2) is 0 Å². The Morgan fingerprint density at radius 2 is 0.412 bits per heavy atom. The van der Waals surface area contributed by atoms with Crippen molar-refractivity contribution in [2.24, 2.45) is 21.7 Å². The van der Waals surface area contributed by atoms with Crippen molar-refractivity contribution in [2.45, 2.75) is 76.4 Å². The zero-order chi connectivity index (χ0) is 28.4. The summed E-state index contributed by atoms with van der Waals surface area (Å²) < 4.78 is 0. The van der Waals surface area contributed by atoms with Crippen molar-refractivity contribution in [3.63, 3.8) is 0 Å². The zero-order valence-electron chi connectivity index (χ0n) is 18.5. The van der Waals surface area contributed by atoms with Crippen molar-refractivity contribution >= 4 is 0 Å². The fraction of sp³-hybridized carbons (Fsp3) is 1.00. The van der Waals surface area contributed by atoms with Crippen LogP contribution in [-0.2, 0) is 0 Å². The summed E-state index contributed by atoms with van der Waals surface area (Å²) in [5, 5.41) is 175. The first-order valence-corrected chi connectivity index (χ1v) is 9.23. The molecule has 0 unspecified atom stereocenters. The lowest BCUT2D eigenvalue weighted by Crippen LogP contribution is -2.79. The molecule has 0 rings (SSSR count). The fourth-order valence-electron chi connectivity index (χ4n) is 5.07. The maximum Gasteiger partial charge on any atom is 0.298 e. The summed E-state index contributed by atoms with van der Waals surface area (Å²) >= 11 is 0. The van der Waals surface area contributed by atoms with Gasteiger partial charge >= 0.3 is 0 Å². The first-order chi connectivity index (χ1) is 14.2. The summed E-state index contributed by atoms with van der Waals surface area (Å²) in [5.41, 5.74) is -14.5. The highest BCUT2D eigenvalue weighted by molar-refractivity contribution is 5.09. The Balaban J connectivity index is 7.12. The highest BCUT2D eigenvalue weighted by atomic mass is 16.8. The maximum absolute atomic E-state index is 9.70. The average molecular weight is 514 g/mol. The standard InChI is InChI=1S/C16H34O18/c1-7(2,9(11(17,18)19,12(20,21)22)13(23,24)25)5-6-8(3,4)10(14(26,27)28,15(29,30)31)16(32,33)34/h17-34H,5-6H2,1-4H3. The third kappa shape index (κ3) is 4.68. The van der Waals surface area contributed by atoms with Crippen molar-refractivity contribution in [1.29, 1.82) is 0 Å². The van der Waals surface area contributed by atoms with Gasteiger partial charge < -0.3 is 91.9 Å². The van der Waals surface area contributed by atoms with Crippen LogP contribution in [-0.4, -0.2) is 128 Å². The molecule has 0 fully saturated rings. The van der Waals surface area contributed by atoms with Crippen LogP contribution in [0.5, 0.6) is 0 Å². The second kappa shape index (κ2) is 8.41. The molecule has 34 heavy (non-hydrogen) atoms. The van der Waals surface area contributed by atoms with Crippen LogP contribution in [0.4, 0.5) is 0 Å². The van der Waals surface area contributed by atoms with Crippen LogP contribution in [0, 0.1) is 21.7 Å². The van der Waals surface area contributed by atoms with Gasteiger partial charge in [0.15, 0.2) is 0 Å². The first-order valence-electron chi connectivity index (χ1n) is 9.23. The van der Waals surface area contributed by atoms with Crippen LogP contribution in [0.2, 0.25) is 0 Å². The lowest BCUT2D eigenvalue weighted by molar-refractivity contribution is -0.589. The minimum Gasteiger partial charge on any atom is -0.343 e. The van der Waals surface area contributed by atoms with E-state index in [1.807, 2.05) is 0 Å². The van der Waals surface area contributed by atoms with E-state index in [1.165, 1.54) is 0 Å². The van der Waals surface area contributed by atoms with Gasteiger partial charge in [-0.3, -0.25) is 0 Å². The molecule has 0 atom stereocenters. The monoisotopic (exact) mass is 514 g/mol. The zero-order valence-corrected chi connectivity index (χ0v) is 18.5. The molecule has 0 heterocycles. The topological polar surface area (TPSA) is 364 Å². The number of hydrogen-bond donors (Lipinski definition) is 18. The van der Waals surface area contributed by atoms with Crippen LogP contribution in [0.1, 0.15) is 40.5 Å². The van der Waals surface area contributed by atoms with Gasteiger partial charge in [-0.1, -0.05) is 27.7 Å². The molecule has 0 aliphatic carbocycles. The molecule has 18 nitrogen and oxygen atoms in total. The summed E-state index contributed by atoms with van der Waals surface area (Å²) in [6, 6.07) is 0. The quantitative estimate of drug-likeness (QED) is 0.114. The molecule has 18 N–H and O–H groups in total. The van der Waals surface area contributed by atoms with E-state index in [2.05, 4.69) is 0 Å². The first kappa shape index (κ1) is 33.3. The van der Waals surface area contributed by atoms with E-state index in [0.717, 1.165) is 0 Å². The molecule has 0 amide bonds. The molecular weight excluding hydrogens is 480 g/mol. The summed E-state index contributed by atoms with van der Waals surface area (Å²) in [5.74, 6) is -28.6. The van der Waals surface area contributed by atoms with Crippen molar-refractivity contribution in [2.75, 3.05) is 0 Å². The van der Waals surface area contributed by atoms with Crippen LogP contribution in [0.3, 0.4) is 0 Å². The largest absolute Gasteiger partial charge is 0.343 e. The summed E-state index contributed by atoms with van der Waals surface area (Å²) in [6.45, 7) is 2.37. The number of rotatable bonds is 11. The van der Waals surface area contributed by atoms with Gasteiger partial charge in [0.05, 0.1) is 0 Å². The average Bonchev–Trinajstić information content (AvgIpc) is 2.34. The molecule has 0 aromatic rings. The van der Waals surface area contributed by atoms with E-state index in [1.54, 1.807) is 0 Å². The Hall–Kier alpha value is -0.720. The lowest BCUT2D eigenvalue weighted by Gasteiger charge is -2.59. The number of aliphatic hydroxyl groups is 18. The van der Waals surface area contributed by atoms with Crippen molar-refractivity contribution in [3.05, 3.63) is 0 Å². The summed E-state index contributed by atoms with van der Waals surface area (Å²) in [4.78, 5) is 0. The maximum atomic E-state index is 9.70. The lowest BCUT2D eigenvalue weighted by atomic mass is 9.53. The second-order valence-corrected chi connectivity index (χ2v) is 9.58. The molecule has 0 aromatic heterocycles. The van der Waals surface area contributed by atoms with Crippen LogP contribution < -0.4 is 0 Å². The van der Waals surface area contributed by atoms with E-state index in [9.17, 15) is 91.9 Å². The smallest absolute Gasteiger partial charge is 0.298 e. The van der Waals surface area contributed by atoms with Crippen molar-refractivity contribution in [3.8, 4) is 0 Å². The predicted molar refractivity (Wildman–Crippen MR) is 98.0 cm³/mol. The third-order valence-electron chi connectivity index (χ3n) is 6.42. The van der Waals surface area contributed by atoms with Gasteiger partial charge in [0.2, 0.25) is 10.8 Å². The van der Waals surface area contributed by atoms with E-state index < -0.39 is 70.3 Å². The van der Waals surface area contributed by atoms with Crippen molar-refractivity contribution < 1.29 is 91.9 Å². The normalized spacial score (nSPS) is 16.8. The highest BCUT2D eigenvalue weighted by Crippen LogP contribution is 2.62. The molecule has 0 spiro atoms. The minimum atomic E-state index is -4.77. The molecule has 0 saturated carbocycles. The Kier molecular flexibility index (Phi) is 8.23. The summed E-state index contributed by atoms with van der Waals surface area (Å²) in [6.07, 6.45) is -2.42. The number of hydrogen-bond acceptors (Lipinski definition) is 18. The molecule has 0 aliphatic rings.